The number of benzene rings is 2. The lowest BCUT2D eigenvalue weighted by atomic mass is 9.71. The Morgan fingerprint density at radius 3 is 2.31 bits per heavy atom. The Morgan fingerprint density at radius 2 is 1.69 bits per heavy atom. The number of carbonyl (C=O) groups is 2. The molecule has 5 rings (SSSR count). The molecule has 0 fully saturated rings. The molecule has 0 saturated carbocycles. The number of ether oxygens (including phenoxy) is 2. The number of nitro benzene ring substituents is 1. The number of methoxy groups -OCH3 is 1. The average Bonchev–Trinajstić information content (AvgIpc) is 2.87. The second-order valence-corrected chi connectivity index (χ2v) is 10.0. The molecule has 0 amide bonds. The molecule has 8 nitrogen and oxygen atoms in total. The summed E-state index contributed by atoms with van der Waals surface area (Å²) in [7, 11) is 1.53. The minimum absolute atomic E-state index is 0.00848. The van der Waals surface area contributed by atoms with E-state index in [0.29, 0.717) is 45.5 Å². The Labute approximate surface area is 216 Å². The summed E-state index contributed by atoms with van der Waals surface area (Å²) in [5, 5.41) is 14.5. The highest BCUT2D eigenvalue weighted by Gasteiger charge is 2.40. The highest BCUT2D eigenvalue weighted by Crippen LogP contribution is 2.48. The fourth-order valence-corrected chi connectivity index (χ4v) is 5.85. The molecule has 0 spiro atoms. The van der Waals surface area contributed by atoms with Crippen LogP contribution in [0, 0.1) is 10.1 Å². The number of rotatable bonds is 6. The van der Waals surface area contributed by atoms with E-state index >= 15 is 0 Å². The van der Waals surface area contributed by atoms with E-state index in [0.717, 1.165) is 42.6 Å². The number of halogens is 1. The van der Waals surface area contributed by atoms with Crippen molar-refractivity contribution in [2.75, 3.05) is 7.11 Å². The minimum Gasteiger partial charge on any atom is -0.493 e. The summed E-state index contributed by atoms with van der Waals surface area (Å²) in [5.41, 5.74) is 4.62. The van der Waals surface area contributed by atoms with Crippen molar-refractivity contribution in [1.82, 2.24) is 5.32 Å². The first-order valence-corrected chi connectivity index (χ1v) is 12.7. The first-order valence-electron chi connectivity index (χ1n) is 11.9. The van der Waals surface area contributed by atoms with Gasteiger partial charge in [-0.25, -0.2) is 0 Å². The molecule has 2 aliphatic carbocycles. The normalized spacial score (nSPS) is 17.9. The number of allylic oxidation sites excluding steroid dienone is 4. The van der Waals surface area contributed by atoms with Crippen LogP contribution in [0.15, 0.2) is 63.4 Å². The van der Waals surface area contributed by atoms with Crippen molar-refractivity contribution in [3.8, 4) is 11.5 Å². The van der Waals surface area contributed by atoms with Crippen LogP contribution in [0.3, 0.4) is 0 Å². The Hall–Kier alpha value is -3.46. The number of nitrogens with zero attached hydrogens (tertiary/aromatic N) is 1. The number of carbonyl (C=O) groups excluding carboxylic acids is 2. The van der Waals surface area contributed by atoms with Gasteiger partial charge < -0.3 is 14.8 Å². The SMILES string of the molecule is COc1cc(C2C3=C(CCCC3=O)NC3=C2C(=O)CCC3)cc(Br)c1OCc1cccc([N+](=O)[O-])c1. The van der Waals surface area contributed by atoms with Crippen molar-refractivity contribution < 1.29 is 24.0 Å². The molecule has 0 aromatic heterocycles. The molecule has 2 aromatic carbocycles. The monoisotopic (exact) mass is 552 g/mol. The van der Waals surface area contributed by atoms with Gasteiger partial charge in [-0.1, -0.05) is 12.1 Å². The third kappa shape index (κ3) is 4.43. The predicted molar refractivity (Wildman–Crippen MR) is 136 cm³/mol. The van der Waals surface area contributed by atoms with Gasteiger partial charge in [0.25, 0.3) is 5.69 Å². The fourth-order valence-electron chi connectivity index (χ4n) is 5.28. The van der Waals surface area contributed by atoms with Crippen LogP contribution in [0.5, 0.6) is 11.5 Å². The number of hydrogen-bond acceptors (Lipinski definition) is 7. The fraction of sp³-hybridized carbons (Fsp3) is 0.333. The first kappa shape index (κ1) is 24.2. The van der Waals surface area contributed by atoms with Crippen LogP contribution in [0.2, 0.25) is 0 Å². The van der Waals surface area contributed by atoms with E-state index in [1.807, 2.05) is 12.1 Å². The second kappa shape index (κ2) is 9.89. The predicted octanol–water partition coefficient (Wildman–Crippen LogP) is 5.65. The summed E-state index contributed by atoms with van der Waals surface area (Å²) < 4.78 is 12.3. The average molecular weight is 553 g/mol. The van der Waals surface area contributed by atoms with E-state index in [2.05, 4.69) is 21.2 Å². The van der Waals surface area contributed by atoms with Gasteiger partial charge in [-0.2, -0.15) is 0 Å². The van der Waals surface area contributed by atoms with Crippen LogP contribution < -0.4 is 14.8 Å². The molecule has 1 N–H and O–H groups in total. The summed E-state index contributed by atoms with van der Waals surface area (Å²) in [6.45, 7) is 0.102. The molecule has 0 radical (unpaired) electrons. The molecule has 0 bridgehead atoms. The van der Waals surface area contributed by atoms with Crippen molar-refractivity contribution in [3.05, 3.63) is 84.7 Å². The molecule has 36 heavy (non-hydrogen) atoms. The first-order chi connectivity index (χ1) is 17.4. The summed E-state index contributed by atoms with van der Waals surface area (Å²) in [6.07, 6.45) is 4.10. The second-order valence-electron chi connectivity index (χ2n) is 9.15. The number of nitro groups is 1. The van der Waals surface area contributed by atoms with E-state index in [4.69, 9.17) is 9.47 Å². The van der Waals surface area contributed by atoms with Crippen molar-refractivity contribution in [2.45, 2.75) is 51.0 Å². The molecule has 0 atom stereocenters. The van der Waals surface area contributed by atoms with Crippen LogP contribution in [-0.2, 0) is 16.2 Å². The highest BCUT2D eigenvalue weighted by molar-refractivity contribution is 9.10. The van der Waals surface area contributed by atoms with Crippen molar-refractivity contribution in [1.29, 1.82) is 0 Å². The quantitative estimate of drug-likeness (QED) is 0.364. The topological polar surface area (TPSA) is 108 Å². The van der Waals surface area contributed by atoms with E-state index in [-0.39, 0.29) is 23.9 Å². The summed E-state index contributed by atoms with van der Waals surface area (Å²) in [5.74, 6) is 0.571. The van der Waals surface area contributed by atoms with Gasteiger partial charge in [-0.05, 0) is 64.9 Å². The van der Waals surface area contributed by atoms with Crippen LogP contribution in [0.1, 0.15) is 55.6 Å². The molecule has 186 valence electrons. The van der Waals surface area contributed by atoms with E-state index in [1.54, 1.807) is 12.1 Å². The standard InChI is InChI=1S/C27H25BrN2O6/c1-35-23-13-16(12-18(28)27(23)36-14-15-5-2-6-17(11-15)30(33)34)24-25-19(7-3-9-21(25)31)29-20-8-4-10-22(32)26(20)24/h2,5-6,11-13,24,29H,3-4,7-10,14H2,1H3. The van der Waals surface area contributed by atoms with Crippen LogP contribution in [0.4, 0.5) is 5.69 Å². The number of ketones is 2. The Bertz CT molecular complexity index is 1300. The smallest absolute Gasteiger partial charge is 0.269 e. The van der Waals surface area contributed by atoms with E-state index in [1.165, 1.54) is 19.2 Å². The molecular weight excluding hydrogens is 528 g/mol. The van der Waals surface area contributed by atoms with Gasteiger partial charge in [0.05, 0.1) is 16.5 Å². The summed E-state index contributed by atoms with van der Waals surface area (Å²) >= 11 is 3.59. The third-order valence-electron chi connectivity index (χ3n) is 6.88. The Kier molecular flexibility index (Phi) is 6.66. The molecule has 9 heteroatoms. The van der Waals surface area contributed by atoms with Gasteiger partial charge in [0, 0.05) is 53.4 Å². The molecule has 0 saturated heterocycles. The van der Waals surface area contributed by atoms with Gasteiger partial charge in [-0.15, -0.1) is 0 Å². The summed E-state index contributed by atoms with van der Waals surface area (Å²) in [4.78, 5) is 36.8. The zero-order valence-electron chi connectivity index (χ0n) is 19.8. The van der Waals surface area contributed by atoms with Gasteiger partial charge in [0.1, 0.15) is 6.61 Å². The van der Waals surface area contributed by atoms with Gasteiger partial charge in [-0.3, -0.25) is 19.7 Å². The lowest BCUT2D eigenvalue weighted by Gasteiger charge is -2.37. The number of non-ortho nitro benzene ring substituents is 1. The molecule has 3 aliphatic rings. The van der Waals surface area contributed by atoms with Crippen molar-refractivity contribution in [2.24, 2.45) is 0 Å². The largest absolute Gasteiger partial charge is 0.493 e. The Morgan fingerprint density at radius 1 is 1.03 bits per heavy atom. The van der Waals surface area contributed by atoms with Gasteiger partial charge in [0.15, 0.2) is 23.1 Å². The zero-order valence-corrected chi connectivity index (χ0v) is 21.4. The number of nitrogens with one attached hydrogen (secondary N) is 1. The van der Waals surface area contributed by atoms with E-state index in [9.17, 15) is 19.7 Å². The lowest BCUT2D eigenvalue weighted by Crippen LogP contribution is -2.36. The minimum atomic E-state index is -0.451. The molecule has 0 unspecified atom stereocenters. The van der Waals surface area contributed by atoms with Crippen molar-refractivity contribution in [3.63, 3.8) is 0 Å². The molecule has 2 aromatic rings. The lowest BCUT2D eigenvalue weighted by molar-refractivity contribution is -0.384. The third-order valence-corrected chi connectivity index (χ3v) is 7.47. The molecule has 1 heterocycles. The molecule has 1 aliphatic heterocycles. The highest BCUT2D eigenvalue weighted by atomic mass is 79.9. The maximum absolute atomic E-state index is 13.1. The van der Waals surface area contributed by atoms with Crippen LogP contribution >= 0.6 is 15.9 Å². The van der Waals surface area contributed by atoms with Crippen LogP contribution in [0.25, 0.3) is 0 Å². The number of dihydropyridines is 1. The zero-order chi connectivity index (χ0) is 25.4. The van der Waals surface area contributed by atoms with Crippen molar-refractivity contribution >= 4 is 33.2 Å². The molecular formula is C27H25BrN2O6. The van der Waals surface area contributed by atoms with Crippen LogP contribution in [-0.4, -0.2) is 23.6 Å². The van der Waals surface area contributed by atoms with Gasteiger partial charge in [0.2, 0.25) is 0 Å². The summed E-state index contributed by atoms with van der Waals surface area (Å²) in [6, 6.07) is 9.96. The Balaban J connectivity index is 1.53. The van der Waals surface area contributed by atoms with Gasteiger partial charge >= 0.3 is 0 Å². The maximum Gasteiger partial charge on any atom is 0.269 e. The van der Waals surface area contributed by atoms with E-state index < -0.39 is 10.8 Å². The number of Topliss-reactive ketones (excluding diaryl/α,β-unsaturated/α-hetero) is 2. The maximum atomic E-state index is 13.1. The number of hydrogen-bond donors (Lipinski definition) is 1.